The summed E-state index contributed by atoms with van der Waals surface area (Å²) in [6.07, 6.45) is 7.11. The molecular formula is C25H27FN6O2. The number of rotatable bonds is 4. The van der Waals surface area contributed by atoms with Gasteiger partial charge < -0.3 is 15.0 Å². The van der Waals surface area contributed by atoms with E-state index >= 15 is 0 Å². The number of carbonyl (C=O) groups is 1. The number of ether oxygens (including phenoxy) is 1. The van der Waals surface area contributed by atoms with Crippen molar-refractivity contribution in [2.24, 2.45) is 0 Å². The van der Waals surface area contributed by atoms with Gasteiger partial charge in [-0.3, -0.25) is 4.79 Å². The van der Waals surface area contributed by atoms with Crippen LogP contribution in [0.15, 0.2) is 36.8 Å². The maximum atomic E-state index is 14.4. The molecule has 1 amide bonds. The molecule has 3 aromatic heterocycles. The zero-order chi connectivity index (χ0) is 23.9. The van der Waals surface area contributed by atoms with Crippen LogP contribution in [0.5, 0.6) is 5.88 Å². The Balaban J connectivity index is 1.33. The molecule has 9 heteroatoms. The first-order chi connectivity index (χ1) is 16.4. The molecule has 2 atom stereocenters. The molecule has 3 aromatic rings. The molecule has 1 spiro atoms. The van der Waals surface area contributed by atoms with Crippen molar-refractivity contribution in [3.8, 4) is 17.3 Å². The van der Waals surface area contributed by atoms with Crippen molar-refractivity contribution in [1.82, 2.24) is 24.8 Å². The van der Waals surface area contributed by atoms with Crippen molar-refractivity contribution >= 4 is 11.7 Å². The van der Waals surface area contributed by atoms with Gasteiger partial charge in [-0.1, -0.05) is 0 Å². The van der Waals surface area contributed by atoms with Crippen LogP contribution in [0.4, 0.5) is 10.2 Å². The minimum absolute atomic E-state index is 0.0997. The molecule has 0 unspecified atom stereocenters. The van der Waals surface area contributed by atoms with Gasteiger partial charge in [-0.15, -0.1) is 0 Å². The molecule has 176 valence electrons. The molecule has 5 heterocycles. The number of hydrogen-bond donors (Lipinski definition) is 1. The second-order valence-corrected chi connectivity index (χ2v) is 9.09. The van der Waals surface area contributed by atoms with Crippen LogP contribution in [0.25, 0.3) is 11.4 Å². The molecule has 8 nitrogen and oxygen atoms in total. The smallest absolute Gasteiger partial charge is 0.230 e. The van der Waals surface area contributed by atoms with E-state index in [4.69, 9.17) is 9.72 Å². The summed E-state index contributed by atoms with van der Waals surface area (Å²) in [5.41, 5.74) is 2.98. The number of nitrogens with zero attached hydrogens (tertiary/aromatic N) is 5. The average molecular weight is 463 g/mol. The van der Waals surface area contributed by atoms with Gasteiger partial charge in [0.15, 0.2) is 5.82 Å². The van der Waals surface area contributed by atoms with Gasteiger partial charge in [0.25, 0.3) is 0 Å². The number of pyridine rings is 2. The topological polar surface area (TPSA) is 93.1 Å². The van der Waals surface area contributed by atoms with Crippen molar-refractivity contribution in [1.29, 1.82) is 0 Å². The summed E-state index contributed by atoms with van der Waals surface area (Å²) in [6, 6.07) is 5.41. The first-order valence-corrected chi connectivity index (χ1v) is 11.4. The fraction of sp³-hybridized carbons (Fsp3) is 0.400. The molecule has 2 aliphatic rings. The van der Waals surface area contributed by atoms with Crippen LogP contribution in [0.1, 0.15) is 42.5 Å². The standard InChI is InChI=1S/C25H27FN6O2/c1-15(18-12-21(34-3)29-13-20(18)26)24(33)32-10-7-25(14-32)6-5-17-11-19(16(2)30-22(17)31-25)23-27-8-4-9-28-23/h4,8-9,11-13,15H,5-7,10,14H2,1-3H3,(H,30,31)/t15-,25+/m1/s1. The predicted octanol–water partition coefficient (Wildman–Crippen LogP) is 3.52. The molecule has 2 aliphatic heterocycles. The Morgan fingerprint density at radius 2 is 2.03 bits per heavy atom. The second kappa shape index (κ2) is 8.62. The van der Waals surface area contributed by atoms with Gasteiger partial charge in [0.2, 0.25) is 11.8 Å². The third-order valence-electron chi connectivity index (χ3n) is 6.93. The zero-order valence-electron chi connectivity index (χ0n) is 19.5. The van der Waals surface area contributed by atoms with Crippen molar-refractivity contribution < 1.29 is 13.9 Å². The van der Waals surface area contributed by atoms with Gasteiger partial charge >= 0.3 is 0 Å². The minimum atomic E-state index is -0.628. The summed E-state index contributed by atoms with van der Waals surface area (Å²) < 4.78 is 19.5. The second-order valence-electron chi connectivity index (χ2n) is 9.09. The van der Waals surface area contributed by atoms with Gasteiger partial charge in [0.05, 0.1) is 30.5 Å². The number of amides is 1. The maximum Gasteiger partial charge on any atom is 0.230 e. The summed E-state index contributed by atoms with van der Waals surface area (Å²) in [4.78, 5) is 32.5. The summed E-state index contributed by atoms with van der Waals surface area (Å²) in [7, 11) is 1.47. The lowest BCUT2D eigenvalue weighted by molar-refractivity contribution is -0.131. The number of carbonyl (C=O) groups excluding carboxylic acids is 1. The molecule has 0 aromatic carbocycles. The van der Waals surface area contributed by atoms with Gasteiger partial charge in [-0.05, 0) is 50.8 Å². The lowest BCUT2D eigenvalue weighted by Gasteiger charge is -2.36. The highest BCUT2D eigenvalue weighted by Crippen LogP contribution is 2.38. The molecule has 0 bridgehead atoms. The molecule has 5 rings (SSSR count). The molecule has 0 aliphatic carbocycles. The summed E-state index contributed by atoms with van der Waals surface area (Å²) in [5, 5.41) is 3.64. The number of anilines is 1. The number of nitrogens with one attached hydrogen (secondary N) is 1. The maximum absolute atomic E-state index is 14.4. The van der Waals surface area contributed by atoms with Crippen LogP contribution in [0.2, 0.25) is 0 Å². The zero-order valence-corrected chi connectivity index (χ0v) is 19.5. The fourth-order valence-electron chi connectivity index (χ4n) is 4.95. The molecule has 0 radical (unpaired) electrons. The van der Waals surface area contributed by atoms with E-state index in [1.807, 2.05) is 11.8 Å². The SMILES string of the molecule is COc1cc([C@@H](C)C(=O)N2CC[C@@]3(CCc4cc(-c5ncccn5)c(C)nc4N3)C2)c(F)cn1. The Morgan fingerprint density at radius 3 is 2.79 bits per heavy atom. The third-order valence-corrected chi connectivity index (χ3v) is 6.93. The monoisotopic (exact) mass is 462 g/mol. The quantitative estimate of drug-likeness (QED) is 0.634. The number of methoxy groups -OCH3 is 1. The first kappa shape index (κ1) is 22.2. The average Bonchev–Trinajstić information content (AvgIpc) is 3.26. The highest BCUT2D eigenvalue weighted by molar-refractivity contribution is 5.84. The molecule has 34 heavy (non-hydrogen) atoms. The summed E-state index contributed by atoms with van der Waals surface area (Å²) in [5.74, 6) is 0.589. The van der Waals surface area contributed by atoms with Crippen LogP contribution in [-0.2, 0) is 11.2 Å². The highest BCUT2D eigenvalue weighted by atomic mass is 19.1. The minimum Gasteiger partial charge on any atom is -0.481 e. The molecule has 1 N–H and O–H groups in total. The van der Waals surface area contributed by atoms with Gasteiger partial charge in [0, 0.05) is 42.7 Å². The third kappa shape index (κ3) is 3.95. The van der Waals surface area contributed by atoms with Crippen LogP contribution in [0, 0.1) is 12.7 Å². The van der Waals surface area contributed by atoms with E-state index in [9.17, 15) is 9.18 Å². The van der Waals surface area contributed by atoms with E-state index in [0.717, 1.165) is 48.1 Å². The number of fused-ring (bicyclic) bond motifs is 1. The molecule has 0 saturated carbocycles. The predicted molar refractivity (Wildman–Crippen MR) is 125 cm³/mol. The number of aromatic nitrogens is 4. The number of hydrogen-bond acceptors (Lipinski definition) is 7. The lowest BCUT2D eigenvalue weighted by Crippen LogP contribution is -2.46. The summed E-state index contributed by atoms with van der Waals surface area (Å²) in [6.45, 7) is 4.86. The molecule has 1 saturated heterocycles. The Hall–Kier alpha value is -3.62. The van der Waals surface area contributed by atoms with Crippen LogP contribution >= 0.6 is 0 Å². The van der Waals surface area contributed by atoms with Gasteiger partial charge in [-0.25, -0.2) is 24.3 Å². The van der Waals surface area contributed by atoms with Crippen LogP contribution in [-0.4, -0.2) is 56.5 Å². The van der Waals surface area contributed by atoms with Crippen molar-refractivity contribution in [3.05, 3.63) is 59.4 Å². The van der Waals surface area contributed by atoms with Crippen LogP contribution < -0.4 is 10.1 Å². The Bertz CT molecular complexity index is 1240. The fourth-order valence-corrected chi connectivity index (χ4v) is 4.95. The number of halogens is 1. The van der Waals surface area contributed by atoms with Crippen molar-refractivity contribution in [2.75, 3.05) is 25.5 Å². The van der Waals surface area contributed by atoms with Crippen LogP contribution in [0.3, 0.4) is 0 Å². The van der Waals surface area contributed by atoms with Crippen molar-refractivity contribution in [2.45, 2.75) is 44.6 Å². The number of aryl methyl sites for hydroxylation is 2. The van der Waals surface area contributed by atoms with Gasteiger partial charge in [0.1, 0.15) is 11.6 Å². The lowest BCUT2D eigenvalue weighted by atomic mass is 9.86. The van der Waals surface area contributed by atoms with E-state index in [2.05, 4.69) is 26.3 Å². The normalized spacial score (nSPS) is 20.1. The Morgan fingerprint density at radius 1 is 1.24 bits per heavy atom. The molecular weight excluding hydrogens is 435 g/mol. The van der Waals surface area contributed by atoms with E-state index in [0.29, 0.717) is 30.4 Å². The Labute approximate surface area is 197 Å². The number of likely N-dealkylation sites (tertiary alicyclic amines) is 1. The van der Waals surface area contributed by atoms with E-state index in [1.54, 1.807) is 25.4 Å². The van der Waals surface area contributed by atoms with E-state index < -0.39 is 11.7 Å². The summed E-state index contributed by atoms with van der Waals surface area (Å²) >= 11 is 0. The van der Waals surface area contributed by atoms with E-state index in [1.165, 1.54) is 13.2 Å². The van der Waals surface area contributed by atoms with E-state index in [-0.39, 0.29) is 11.4 Å². The first-order valence-electron chi connectivity index (χ1n) is 11.4. The largest absolute Gasteiger partial charge is 0.481 e. The highest BCUT2D eigenvalue weighted by Gasteiger charge is 2.43. The van der Waals surface area contributed by atoms with Gasteiger partial charge in [-0.2, -0.15) is 0 Å². The Kier molecular flexibility index (Phi) is 5.63. The molecule has 1 fully saturated rings. The van der Waals surface area contributed by atoms with Crippen molar-refractivity contribution in [3.63, 3.8) is 0 Å².